The van der Waals surface area contributed by atoms with E-state index in [2.05, 4.69) is 12.2 Å². The summed E-state index contributed by atoms with van der Waals surface area (Å²) in [5.74, 6) is -0.344. The molecule has 134 valence electrons. The Labute approximate surface area is 158 Å². The number of nitrogens with zero attached hydrogens (tertiary/aromatic N) is 1. The Kier molecular flexibility index (Phi) is 5.55. The van der Waals surface area contributed by atoms with Crippen LogP contribution in [0.1, 0.15) is 40.1 Å². The zero-order chi connectivity index (χ0) is 18.7. The van der Waals surface area contributed by atoms with Crippen LogP contribution in [0.4, 0.5) is 0 Å². The minimum Gasteiger partial charge on any atom is -0.465 e. The Morgan fingerprint density at radius 1 is 1.19 bits per heavy atom. The van der Waals surface area contributed by atoms with Crippen molar-refractivity contribution in [1.82, 2.24) is 4.98 Å². The molecule has 0 unspecified atom stereocenters. The van der Waals surface area contributed by atoms with Crippen molar-refractivity contribution >= 4 is 28.5 Å². The number of hydrogen-bond donors (Lipinski definition) is 1. The Morgan fingerprint density at radius 3 is 2.58 bits per heavy atom. The summed E-state index contributed by atoms with van der Waals surface area (Å²) in [5, 5.41) is 3.86. The van der Waals surface area contributed by atoms with E-state index in [1.165, 1.54) is 12.7 Å². The molecule has 0 saturated carbocycles. The van der Waals surface area contributed by atoms with E-state index in [9.17, 15) is 4.79 Å². The minimum atomic E-state index is -0.344. The normalized spacial score (nSPS) is 12.2. The number of ether oxygens (including phenoxy) is 1. The average molecular weight is 370 g/mol. The standard InChI is InChI=1S/C21H21ClN2O2/c1-13-17-6-4-5-7-18(17)24-19(20(13)21(25)26-3)12-23-14(2)15-8-10-16(22)11-9-15/h4-11,14,23H,12H2,1-3H3/p+1/t14-/m1/s1. The first-order valence-corrected chi connectivity index (χ1v) is 8.94. The number of hydrogen-bond acceptors (Lipinski definition) is 3. The molecule has 0 aliphatic carbocycles. The molecule has 4 nitrogen and oxygen atoms in total. The van der Waals surface area contributed by atoms with Crippen molar-refractivity contribution in [3.8, 4) is 0 Å². The molecule has 1 aromatic heterocycles. The second-order valence-electron chi connectivity index (χ2n) is 6.35. The highest BCUT2D eigenvalue weighted by Crippen LogP contribution is 2.23. The van der Waals surface area contributed by atoms with Crippen molar-refractivity contribution in [2.24, 2.45) is 0 Å². The number of esters is 1. The predicted octanol–water partition coefficient (Wildman–Crippen LogP) is 3.81. The number of quaternary nitrogens is 1. The van der Waals surface area contributed by atoms with Crippen LogP contribution in [0.3, 0.4) is 0 Å². The molecule has 0 amide bonds. The van der Waals surface area contributed by atoms with Crippen LogP contribution in [0.2, 0.25) is 5.02 Å². The third-order valence-corrected chi connectivity index (χ3v) is 4.93. The Hall–Kier alpha value is -2.43. The minimum absolute atomic E-state index is 0.214. The van der Waals surface area contributed by atoms with E-state index >= 15 is 0 Å². The number of fused-ring (bicyclic) bond motifs is 1. The average Bonchev–Trinajstić information content (AvgIpc) is 2.66. The van der Waals surface area contributed by atoms with Crippen LogP contribution in [0.25, 0.3) is 10.9 Å². The van der Waals surface area contributed by atoms with Gasteiger partial charge in [-0.1, -0.05) is 41.9 Å². The summed E-state index contributed by atoms with van der Waals surface area (Å²) in [6.07, 6.45) is 0. The van der Waals surface area contributed by atoms with Crippen LogP contribution in [0.5, 0.6) is 0 Å². The Bertz CT molecular complexity index is 939. The maximum Gasteiger partial charge on any atom is 0.340 e. The van der Waals surface area contributed by atoms with E-state index in [-0.39, 0.29) is 12.0 Å². The van der Waals surface area contributed by atoms with E-state index < -0.39 is 0 Å². The van der Waals surface area contributed by atoms with Gasteiger partial charge in [0, 0.05) is 16.0 Å². The molecule has 3 rings (SSSR count). The molecule has 2 aromatic carbocycles. The highest BCUT2D eigenvalue weighted by atomic mass is 35.5. The molecular formula is C21H22ClN2O2+. The topological polar surface area (TPSA) is 55.8 Å². The summed E-state index contributed by atoms with van der Waals surface area (Å²) in [6.45, 7) is 4.65. The van der Waals surface area contributed by atoms with Gasteiger partial charge in [-0.3, -0.25) is 0 Å². The molecule has 0 bridgehead atoms. The van der Waals surface area contributed by atoms with Gasteiger partial charge in [-0.15, -0.1) is 0 Å². The van der Waals surface area contributed by atoms with Crippen molar-refractivity contribution in [3.63, 3.8) is 0 Å². The van der Waals surface area contributed by atoms with Gasteiger partial charge in [0.25, 0.3) is 0 Å². The first kappa shape index (κ1) is 18.4. The number of carbonyl (C=O) groups excluding carboxylic acids is 1. The fourth-order valence-electron chi connectivity index (χ4n) is 3.15. The number of pyridine rings is 1. The molecule has 0 saturated heterocycles. The second-order valence-corrected chi connectivity index (χ2v) is 6.78. The highest BCUT2D eigenvalue weighted by Gasteiger charge is 2.21. The smallest absolute Gasteiger partial charge is 0.340 e. The number of methoxy groups -OCH3 is 1. The van der Waals surface area contributed by atoms with Crippen molar-refractivity contribution < 1.29 is 14.8 Å². The summed E-state index contributed by atoms with van der Waals surface area (Å²) < 4.78 is 5.00. The fraction of sp³-hybridized carbons (Fsp3) is 0.238. The number of nitrogens with two attached hydrogens (primary N) is 1. The van der Waals surface area contributed by atoms with Gasteiger partial charge in [0.2, 0.25) is 0 Å². The number of rotatable bonds is 5. The summed E-state index contributed by atoms with van der Waals surface area (Å²) >= 11 is 5.96. The van der Waals surface area contributed by atoms with Crippen molar-refractivity contribution in [2.45, 2.75) is 26.4 Å². The highest BCUT2D eigenvalue weighted by molar-refractivity contribution is 6.30. The van der Waals surface area contributed by atoms with Gasteiger partial charge in [-0.2, -0.15) is 0 Å². The molecule has 5 heteroatoms. The van der Waals surface area contributed by atoms with Gasteiger partial charge in [0.05, 0.1) is 18.2 Å². The quantitative estimate of drug-likeness (QED) is 0.696. The first-order chi connectivity index (χ1) is 12.5. The molecule has 0 spiro atoms. The molecule has 0 aliphatic heterocycles. The summed E-state index contributed by atoms with van der Waals surface area (Å²) in [6, 6.07) is 15.9. The van der Waals surface area contributed by atoms with E-state index in [1.54, 1.807) is 0 Å². The van der Waals surface area contributed by atoms with E-state index in [0.717, 1.165) is 27.2 Å². The number of benzene rings is 2. The number of carbonyl (C=O) groups is 1. The van der Waals surface area contributed by atoms with Crippen LogP contribution in [0, 0.1) is 6.92 Å². The maximum atomic E-state index is 12.4. The molecular weight excluding hydrogens is 348 g/mol. The lowest BCUT2D eigenvalue weighted by molar-refractivity contribution is -0.708. The van der Waals surface area contributed by atoms with Gasteiger partial charge in [0.1, 0.15) is 18.3 Å². The van der Waals surface area contributed by atoms with Crippen LogP contribution >= 0.6 is 11.6 Å². The van der Waals surface area contributed by atoms with Gasteiger partial charge in [-0.25, -0.2) is 9.78 Å². The zero-order valence-electron chi connectivity index (χ0n) is 15.1. The molecule has 3 aromatic rings. The molecule has 1 heterocycles. The van der Waals surface area contributed by atoms with E-state index in [4.69, 9.17) is 21.3 Å². The maximum absolute atomic E-state index is 12.4. The number of aryl methyl sites for hydroxylation is 1. The molecule has 1 atom stereocenters. The van der Waals surface area contributed by atoms with Gasteiger partial charge in [0.15, 0.2) is 0 Å². The van der Waals surface area contributed by atoms with E-state index in [1.807, 2.05) is 55.5 Å². The van der Waals surface area contributed by atoms with Crippen molar-refractivity contribution in [3.05, 3.63) is 75.9 Å². The SMILES string of the molecule is COC(=O)c1c(C[NH2+][C@H](C)c2ccc(Cl)cc2)nc2ccccc2c1C. The van der Waals surface area contributed by atoms with Crippen LogP contribution in [-0.4, -0.2) is 18.1 Å². The van der Waals surface area contributed by atoms with Crippen molar-refractivity contribution in [1.29, 1.82) is 0 Å². The largest absolute Gasteiger partial charge is 0.465 e. The molecule has 2 N–H and O–H groups in total. The molecule has 0 aliphatic rings. The molecule has 0 radical (unpaired) electrons. The first-order valence-electron chi connectivity index (χ1n) is 8.56. The van der Waals surface area contributed by atoms with E-state index in [0.29, 0.717) is 12.1 Å². The Morgan fingerprint density at radius 2 is 1.88 bits per heavy atom. The summed E-state index contributed by atoms with van der Waals surface area (Å²) in [7, 11) is 1.40. The third-order valence-electron chi connectivity index (χ3n) is 4.68. The lowest BCUT2D eigenvalue weighted by atomic mass is 10.0. The van der Waals surface area contributed by atoms with Crippen LogP contribution in [-0.2, 0) is 11.3 Å². The van der Waals surface area contributed by atoms with Crippen LogP contribution < -0.4 is 5.32 Å². The van der Waals surface area contributed by atoms with Crippen LogP contribution in [0.15, 0.2) is 48.5 Å². The van der Waals surface area contributed by atoms with Crippen molar-refractivity contribution in [2.75, 3.05) is 7.11 Å². The Balaban J connectivity index is 1.93. The number of halogens is 1. The number of para-hydroxylation sites is 1. The molecule has 26 heavy (non-hydrogen) atoms. The predicted molar refractivity (Wildman–Crippen MR) is 103 cm³/mol. The van der Waals surface area contributed by atoms with Gasteiger partial charge < -0.3 is 10.1 Å². The third kappa shape index (κ3) is 3.71. The zero-order valence-corrected chi connectivity index (χ0v) is 15.9. The molecule has 0 fully saturated rings. The van der Waals surface area contributed by atoms with Gasteiger partial charge >= 0.3 is 5.97 Å². The van der Waals surface area contributed by atoms with Gasteiger partial charge in [-0.05, 0) is 37.6 Å². The summed E-state index contributed by atoms with van der Waals surface area (Å²) in [5.41, 5.74) is 4.27. The lowest BCUT2D eigenvalue weighted by Gasteiger charge is -2.15. The summed E-state index contributed by atoms with van der Waals surface area (Å²) in [4.78, 5) is 17.1. The second kappa shape index (κ2) is 7.85. The lowest BCUT2D eigenvalue weighted by Crippen LogP contribution is -2.83. The number of aromatic nitrogens is 1. The monoisotopic (exact) mass is 369 g/mol. The fourth-order valence-corrected chi connectivity index (χ4v) is 3.28.